The Morgan fingerprint density at radius 1 is 1.17 bits per heavy atom. The molecule has 1 aromatic carbocycles. The van der Waals surface area contributed by atoms with E-state index in [1.165, 1.54) is 12.1 Å². The minimum Gasteiger partial charge on any atom is -0.356 e. The van der Waals surface area contributed by atoms with Crippen molar-refractivity contribution in [3.05, 3.63) is 41.8 Å². The van der Waals surface area contributed by atoms with Gasteiger partial charge in [0, 0.05) is 37.7 Å². The smallest absolute Gasteiger partial charge is 0.225 e. The Morgan fingerprint density at radius 2 is 1.90 bits per heavy atom. The van der Waals surface area contributed by atoms with Gasteiger partial charge in [-0.15, -0.1) is 0 Å². The molecule has 29 heavy (non-hydrogen) atoms. The molecule has 1 N–H and O–H groups in total. The molecule has 1 fully saturated rings. The van der Waals surface area contributed by atoms with E-state index in [0.717, 1.165) is 45.3 Å². The van der Waals surface area contributed by atoms with Crippen LogP contribution >= 0.6 is 0 Å². The molecule has 0 atom stereocenters. The summed E-state index contributed by atoms with van der Waals surface area (Å²) in [6.45, 7) is 5.34. The number of nitrogens with one attached hydrogen (secondary N) is 1. The Hall–Kier alpha value is -2.54. The average molecular weight is 401 g/mol. The van der Waals surface area contributed by atoms with Gasteiger partial charge in [-0.2, -0.15) is 0 Å². The second-order valence-corrected chi connectivity index (χ2v) is 7.52. The first-order valence-electron chi connectivity index (χ1n) is 10.3. The van der Waals surface area contributed by atoms with Gasteiger partial charge in [-0.3, -0.25) is 9.59 Å². The topological polar surface area (TPSA) is 75.4 Å². The fraction of sp³-hybridized carbons (Fsp3) is 0.500. The van der Waals surface area contributed by atoms with Gasteiger partial charge in [0.25, 0.3) is 0 Å². The maximum absolute atomic E-state index is 13.0. The molecule has 0 bridgehead atoms. The van der Waals surface area contributed by atoms with Crippen molar-refractivity contribution in [3.63, 3.8) is 0 Å². The Kier molecular flexibility index (Phi) is 7.52. The van der Waals surface area contributed by atoms with Gasteiger partial charge >= 0.3 is 0 Å². The lowest BCUT2D eigenvalue weighted by atomic mass is 9.98. The minimum absolute atomic E-state index is 0.0327. The van der Waals surface area contributed by atoms with E-state index in [9.17, 15) is 14.0 Å². The molecule has 0 radical (unpaired) electrons. The van der Waals surface area contributed by atoms with Gasteiger partial charge in [0.1, 0.15) is 11.5 Å². The first kappa shape index (κ1) is 21.2. The standard InChI is InChI=1S/C22H28FN3O3/c1-2-24-22(28)17-14-26(15-17)12-6-4-3-5-7-20(27)19-13-21(29-25-19)16-8-10-18(23)11-9-16/h8-11,13,17H,2-7,12,14-15H2,1H3,(H,24,28). The number of benzene rings is 1. The number of halogens is 1. The van der Waals surface area contributed by atoms with E-state index in [1.54, 1.807) is 18.2 Å². The average Bonchev–Trinajstić information content (AvgIpc) is 3.16. The molecular formula is C22H28FN3O3. The molecule has 0 aliphatic carbocycles. The highest BCUT2D eigenvalue weighted by atomic mass is 19.1. The molecule has 1 aliphatic heterocycles. The zero-order chi connectivity index (χ0) is 20.6. The first-order chi connectivity index (χ1) is 14.1. The number of Topliss-reactive ketones (excluding diaryl/α,β-unsaturated/α-hetero) is 1. The molecule has 1 aromatic heterocycles. The molecule has 7 heteroatoms. The van der Waals surface area contributed by atoms with Gasteiger partial charge in [-0.25, -0.2) is 4.39 Å². The summed E-state index contributed by atoms with van der Waals surface area (Å²) in [7, 11) is 0. The maximum Gasteiger partial charge on any atom is 0.225 e. The van der Waals surface area contributed by atoms with Crippen LogP contribution in [-0.4, -0.2) is 47.9 Å². The molecule has 0 spiro atoms. The molecule has 2 heterocycles. The number of likely N-dealkylation sites (tertiary alicyclic amines) is 1. The van der Waals surface area contributed by atoms with Crippen LogP contribution in [0.15, 0.2) is 34.9 Å². The van der Waals surface area contributed by atoms with Crippen LogP contribution in [-0.2, 0) is 4.79 Å². The summed E-state index contributed by atoms with van der Waals surface area (Å²) >= 11 is 0. The molecule has 3 rings (SSSR count). The largest absolute Gasteiger partial charge is 0.356 e. The van der Waals surface area contributed by atoms with Crippen LogP contribution in [0.5, 0.6) is 0 Å². The summed E-state index contributed by atoms with van der Waals surface area (Å²) in [6, 6.07) is 7.51. The van der Waals surface area contributed by atoms with Crippen LogP contribution in [0.3, 0.4) is 0 Å². The highest BCUT2D eigenvalue weighted by Gasteiger charge is 2.31. The molecule has 6 nitrogen and oxygen atoms in total. The van der Waals surface area contributed by atoms with E-state index in [1.807, 2.05) is 6.92 Å². The summed E-state index contributed by atoms with van der Waals surface area (Å²) in [5.74, 6) is 0.427. The van der Waals surface area contributed by atoms with Gasteiger partial charge < -0.3 is 14.7 Å². The third kappa shape index (κ3) is 5.97. The first-order valence-corrected chi connectivity index (χ1v) is 10.3. The summed E-state index contributed by atoms with van der Waals surface area (Å²) in [5, 5.41) is 6.71. The zero-order valence-electron chi connectivity index (χ0n) is 16.8. The second kappa shape index (κ2) is 10.3. The maximum atomic E-state index is 13.0. The Labute approximate surface area is 170 Å². The Balaban J connectivity index is 1.28. The van der Waals surface area contributed by atoms with Crippen molar-refractivity contribution in [2.45, 2.75) is 39.0 Å². The van der Waals surface area contributed by atoms with Crippen molar-refractivity contribution in [1.82, 2.24) is 15.4 Å². The lowest BCUT2D eigenvalue weighted by Gasteiger charge is -2.38. The summed E-state index contributed by atoms with van der Waals surface area (Å²) in [6.07, 6.45) is 4.39. The van der Waals surface area contributed by atoms with Crippen LogP contribution in [0.25, 0.3) is 11.3 Å². The van der Waals surface area contributed by atoms with Gasteiger partial charge in [0.05, 0.1) is 5.92 Å². The number of amides is 1. The molecule has 1 saturated heterocycles. The summed E-state index contributed by atoms with van der Waals surface area (Å²) < 4.78 is 18.2. The van der Waals surface area contributed by atoms with Crippen LogP contribution < -0.4 is 5.32 Å². The minimum atomic E-state index is -0.319. The highest BCUT2D eigenvalue weighted by molar-refractivity contribution is 5.94. The van der Waals surface area contributed by atoms with Gasteiger partial charge in [0.15, 0.2) is 11.5 Å². The van der Waals surface area contributed by atoms with E-state index in [-0.39, 0.29) is 23.4 Å². The lowest BCUT2D eigenvalue weighted by molar-refractivity contribution is -0.130. The van der Waals surface area contributed by atoms with E-state index in [2.05, 4.69) is 15.4 Å². The van der Waals surface area contributed by atoms with E-state index in [4.69, 9.17) is 4.52 Å². The molecule has 1 aliphatic rings. The van der Waals surface area contributed by atoms with E-state index in [0.29, 0.717) is 30.0 Å². The second-order valence-electron chi connectivity index (χ2n) is 7.52. The summed E-state index contributed by atoms with van der Waals surface area (Å²) in [4.78, 5) is 26.2. The van der Waals surface area contributed by atoms with Crippen LogP contribution in [0.4, 0.5) is 4.39 Å². The molecule has 156 valence electrons. The van der Waals surface area contributed by atoms with E-state index >= 15 is 0 Å². The number of nitrogens with zero attached hydrogens (tertiary/aromatic N) is 2. The third-order valence-corrected chi connectivity index (χ3v) is 5.23. The van der Waals surface area contributed by atoms with Crippen LogP contribution in [0, 0.1) is 11.7 Å². The van der Waals surface area contributed by atoms with Crippen molar-refractivity contribution in [3.8, 4) is 11.3 Å². The summed E-state index contributed by atoms with van der Waals surface area (Å²) in [5.41, 5.74) is 1.01. The normalized spacial score (nSPS) is 14.6. The number of carbonyl (C=O) groups is 2. The fourth-order valence-electron chi connectivity index (χ4n) is 3.50. The quantitative estimate of drug-likeness (QED) is 0.459. The Bertz CT molecular complexity index is 813. The molecular weight excluding hydrogens is 373 g/mol. The van der Waals surface area contributed by atoms with Gasteiger partial charge in [-0.05, 0) is 50.6 Å². The Morgan fingerprint density at radius 3 is 2.62 bits per heavy atom. The fourth-order valence-corrected chi connectivity index (χ4v) is 3.50. The van der Waals surface area contributed by atoms with Crippen molar-refractivity contribution >= 4 is 11.7 Å². The number of hydrogen-bond donors (Lipinski definition) is 1. The predicted molar refractivity (Wildman–Crippen MR) is 108 cm³/mol. The predicted octanol–water partition coefficient (Wildman–Crippen LogP) is 3.68. The number of hydrogen-bond acceptors (Lipinski definition) is 5. The number of carbonyl (C=O) groups excluding carboxylic acids is 2. The van der Waals surface area contributed by atoms with Gasteiger partial charge in [0.2, 0.25) is 5.91 Å². The van der Waals surface area contributed by atoms with E-state index < -0.39 is 0 Å². The highest BCUT2D eigenvalue weighted by Crippen LogP contribution is 2.22. The van der Waals surface area contributed by atoms with Crippen molar-refractivity contribution in [2.24, 2.45) is 5.92 Å². The molecule has 2 aromatic rings. The number of rotatable bonds is 11. The number of ketones is 1. The van der Waals surface area contributed by atoms with Crippen molar-refractivity contribution in [1.29, 1.82) is 0 Å². The zero-order valence-corrected chi connectivity index (χ0v) is 16.8. The van der Waals surface area contributed by atoms with Crippen LogP contribution in [0.2, 0.25) is 0 Å². The van der Waals surface area contributed by atoms with Crippen molar-refractivity contribution in [2.75, 3.05) is 26.2 Å². The van der Waals surface area contributed by atoms with Crippen molar-refractivity contribution < 1.29 is 18.5 Å². The number of aromatic nitrogens is 1. The van der Waals surface area contributed by atoms with Crippen LogP contribution in [0.1, 0.15) is 49.5 Å². The lowest BCUT2D eigenvalue weighted by Crippen LogP contribution is -2.53. The molecule has 0 unspecified atom stereocenters. The molecule has 1 amide bonds. The molecule has 0 saturated carbocycles. The van der Waals surface area contributed by atoms with Gasteiger partial charge in [-0.1, -0.05) is 18.0 Å². The third-order valence-electron chi connectivity index (χ3n) is 5.23. The SMILES string of the molecule is CCNC(=O)C1CN(CCCCCCC(=O)c2cc(-c3ccc(F)cc3)on2)C1. The monoisotopic (exact) mass is 401 g/mol. The number of unbranched alkanes of at least 4 members (excludes halogenated alkanes) is 3.